The van der Waals surface area contributed by atoms with E-state index < -0.39 is 31.5 Å². The second-order valence-corrected chi connectivity index (χ2v) is 9.66. The molecule has 0 aliphatic carbocycles. The molecule has 2 aromatic carbocycles. The van der Waals surface area contributed by atoms with E-state index in [2.05, 4.69) is 5.32 Å². The van der Waals surface area contributed by atoms with E-state index >= 15 is 0 Å². The van der Waals surface area contributed by atoms with E-state index in [9.17, 15) is 21.6 Å². The summed E-state index contributed by atoms with van der Waals surface area (Å²) in [7, 11) is -7.33. The largest absolute Gasteiger partial charge is 0.325 e. The SMILES string of the molecule is CCN(CC)S(=O)(=O)c1ccc(NC(=O)CS(=O)(=O)c2ccccc2)cc1. The number of hydrogen-bond acceptors (Lipinski definition) is 5. The lowest BCUT2D eigenvalue weighted by Gasteiger charge is -2.18. The number of sulfonamides is 1. The van der Waals surface area contributed by atoms with Gasteiger partial charge in [0.1, 0.15) is 5.75 Å². The van der Waals surface area contributed by atoms with Crippen LogP contribution in [0.5, 0.6) is 0 Å². The maximum atomic E-state index is 12.4. The Balaban J connectivity index is 2.09. The summed E-state index contributed by atoms with van der Waals surface area (Å²) in [6, 6.07) is 13.3. The van der Waals surface area contributed by atoms with Crippen LogP contribution in [0, 0.1) is 0 Å². The first-order valence-corrected chi connectivity index (χ1v) is 11.5. The third-order valence-electron chi connectivity index (χ3n) is 3.90. The molecule has 2 rings (SSSR count). The Bertz CT molecular complexity index is 982. The predicted octanol–water partition coefficient (Wildman–Crippen LogP) is 2.13. The molecule has 9 heteroatoms. The van der Waals surface area contributed by atoms with E-state index in [-0.39, 0.29) is 9.79 Å². The highest BCUT2D eigenvalue weighted by Gasteiger charge is 2.22. The fraction of sp³-hybridized carbons (Fsp3) is 0.278. The summed E-state index contributed by atoms with van der Waals surface area (Å²) in [5, 5.41) is 2.48. The first-order valence-electron chi connectivity index (χ1n) is 8.38. The van der Waals surface area contributed by atoms with Crippen LogP contribution in [-0.4, -0.2) is 45.9 Å². The van der Waals surface area contributed by atoms with Crippen LogP contribution in [0.15, 0.2) is 64.4 Å². The normalized spacial score (nSPS) is 12.1. The lowest BCUT2D eigenvalue weighted by atomic mass is 10.3. The molecule has 0 fully saturated rings. The molecule has 0 bridgehead atoms. The van der Waals surface area contributed by atoms with Gasteiger partial charge in [-0.25, -0.2) is 16.8 Å². The molecule has 2 aromatic rings. The monoisotopic (exact) mass is 410 g/mol. The van der Waals surface area contributed by atoms with Gasteiger partial charge in [-0.1, -0.05) is 32.0 Å². The maximum Gasteiger partial charge on any atom is 0.243 e. The number of nitrogens with one attached hydrogen (secondary N) is 1. The van der Waals surface area contributed by atoms with E-state index in [1.165, 1.54) is 40.7 Å². The molecule has 1 N–H and O–H groups in total. The second-order valence-electron chi connectivity index (χ2n) is 5.73. The van der Waals surface area contributed by atoms with Gasteiger partial charge in [0.2, 0.25) is 15.9 Å². The van der Waals surface area contributed by atoms with Gasteiger partial charge < -0.3 is 5.32 Å². The number of hydrogen-bond donors (Lipinski definition) is 1. The van der Waals surface area contributed by atoms with E-state index in [0.717, 1.165) is 0 Å². The zero-order valence-electron chi connectivity index (χ0n) is 15.1. The Hall–Kier alpha value is -2.23. The van der Waals surface area contributed by atoms with Crippen LogP contribution in [0.4, 0.5) is 5.69 Å². The number of sulfone groups is 1. The Morgan fingerprint density at radius 1 is 0.852 bits per heavy atom. The van der Waals surface area contributed by atoms with Crippen LogP contribution in [0.2, 0.25) is 0 Å². The van der Waals surface area contributed by atoms with Gasteiger partial charge in [-0.05, 0) is 36.4 Å². The molecular formula is C18H22N2O5S2. The van der Waals surface area contributed by atoms with Gasteiger partial charge in [-0.3, -0.25) is 4.79 Å². The van der Waals surface area contributed by atoms with Crippen LogP contribution in [0.3, 0.4) is 0 Å². The quantitative estimate of drug-likeness (QED) is 0.718. The molecule has 0 aromatic heterocycles. The van der Waals surface area contributed by atoms with Crippen molar-refractivity contribution in [1.82, 2.24) is 4.31 Å². The van der Waals surface area contributed by atoms with Crippen molar-refractivity contribution in [3.8, 4) is 0 Å². The lowest BCUT2D eigenvalue weighted by molar-refractivity contribution is -0.113. The van der Waals surface area contributed by atoms with Crippen LogP contribution in [-0.2, 0) is 24.7 Å². The van der Waals surface area contributed by atoms with Crippen molar-refractivity contribution in [3.05, 3.63) is 54.6 Å². The Kier molecular flexibility index (Phi) is 6.74. The van der Waals surface area contributed by atoms with Crippen LogP contribution < -0.4 is 5.32 Å². The zero-order chi connectivity index (χ0) is 20.1. The maximum absolute atomic E-state index is 12.4. The molecule has 146 valence electrons. The minimum absolute atomic E-state index is 0.0702. The van der Waals surface area contributed by atoms with Gasteiger partial charge in [0.05, 0.1) is 9.79 Å². The molecule has 0 atom stereocenters. The van der Waals surface area contributed by atoms with Crippen molar-refractivity contribution in [1.29, 1.82) is 0 Å². The summed E-state index contributed by atoms with van der Waals surface area (Å²) in [5.41, 5.74) is 0.321. The van der Waals surface area contributed by atoms with Crippen LogP contribution >= 0.6 is 0 Å². The summed E-state index contributed by atoms with van der Waals surface area (Å²) < 4.78 is 50.6. The molecule has 0 spiro atoms. The van der Waals surface area contributed by atoms with Crippen molar-refractivity contribution in [2.24, 2.45) is 0 Å². The van der Waals surface area contributed by atoms with Crippen LogP contribution in [0.25, 0.3) is 0 Å². The van der Waals surface area contributed by atoms with Crippen LogP contribution in [0.1, 0.15) is 13.8 Å². The van der Waals surface area contributed by atoms with E-state index in [1.807, 2.05) is 0 Å². The predicted molar refractivity (Wildman–Crippen MR) is 104 cm³/mol. The first kappa shape index (κ1) is 21.1. The highest BCUT2D eigenvalue weighted by molar-refractivity contribution is 7.92. The van der Waals surface area contributed by atoms with Crippen molar-refractivity contribution in [3.63, 3.8) is 0 Å². The van der Waals surface area contributed by atoms with Crippen molar-refractivity contribution in [2.75, 3.05) is 24.2 Å². The molecule has 0 saturated heterocycles. The zero-order valence-corrected chi connectivity index (χ0v) is 16.8. The van der Waals surface area contributed by atoms with E-state index in [4.69, 9.17) is 0 Å². The molecule has 1 amide bonds. The average molecular weight is 411 g/mol. The summed E-state index contributed by atoms with van der Waals surface area (Å²) in [6.07, 6.45) is 0. The molecule has 0 radical (unpaired) electrons. The standard InChI is InChI=1S/C18H22N2O5S2/c1-3-20(4-2)27(24,25)17-12-10-15(11-13-17)19-18(21)14-26(22,23)16-8-6-5-7-9-16/h5-13H,3-4,14H2,1-2H3,(H,19,21). The van der Waals surface area contributed by atoms with Gasteiger partial charge >= 0.3 is 0 Å². The van der Waals surface area contributed by atoms with Gasteiger partial charge in [0.25, 0.3) is 0 Å². The number of nitrogens with zero attached hydrogens (tertiary/aromatic N) is 1. The number of carbonyl (C=O) groups is 1. The smallest absolute Gasteiger partial charge is 0.243 e. The third kappa shape index (κ3) is 5.15. The van der Waals surface area contributed by atoms with Gasteiger partial charge in [-0.15, -0.1) is 0 Å². The minimum atomic E-state index is -3.74. The average Bonchev–Trinajstić information content (AvgIpc) is 2.63. The fourth-order valence-corrected chi connectivity index (χ4v) is 5.12. The fourth-order valence-electron chi connectivity index (χ4n) is 2.50. The molecule has 7 nitrogen and oxygen atoms in total. The number of rotatable bonds is 8. The van der Waals surface area contributed by atoms with E-state index in [1.54, 1.807) is 32.0 Å². The highest BCUT2D eigenvalue weighted by Crippen LogP contribution is 2.18. The van der Waals surface area contributed by atoms with Crippen molar-refractivity contribution in [2.45, 2.75) is 23.6 Å². The third-order valence-corrected chi connectivity index (χ3v) is 7.60. The summed E-state index contributed by atoms with van der Waals surface area (Å²) in [6.45, 7) is 4.22. The topological polar surface area (TPSA) is 101 Å². The molecule has 27 heavy (non-hydrogen) atoms. The lowest BCUT2D eigenvalue weighted by Crippen LogP contribution is -2.30. The van der Waals surface area contributed by atoms with E-state index in [0.29, 0.717) is 18.8 Å². The van der Waals surface area contributed by atoms with Crippen molar-refractivity contribution < 1.29 is 21.6 Å². The van der Waals surface area contributed by atoms with Crippen molar-refractivity contribution >= 4 is 31.5 Å². The Morgan fingerprint density at radius 2 is 1.41 bits per heavy atom. The number of amides is 1. The Morgan fingerprint density at radius 3 is 1.93 bits per heavy atom. The highest BCUT2D eigenvalue weighted by atomic mass is 32.2. The summed E-state index contributed by atoms with van der Waals surface area (Å²) in [4.78, 5) is 12.2. The minimum Gasteiger partial charge on any atom is -0.325 e. The molecule has 0 unspecified atom stereocenters. The Labute approximate surface area is 160 Å². The first-order chi connectivity index (χ1) is 12.7. The molecule has 0 saturated carbocycles. The summed E-state index contributed by atoms with van der Waals surface area (Å²) >= 11 is 0. The number of carbonyl (C=O) groups excluding carboxylic acids is 1. The molecule has 0 heterocycles. The number of anilines is 1. The van der Waals surface area contributed by atoms with Gasteiger partial charge in [0.15, 0.2) is 9.84 Å². The molecule has 0 aliphatic rings. The van der Waals surface area contributed by atoms with Gasteiger partial charge in [-0.2, -0.15) is 4.31 Å². The second kappa shape index (κ2) is 8.64. The molecular weight excluding hydrogens is 388 g/mol. The van der Waals surface area contributed by atoms with Gasteiger partial charge in [0, 0.05) is 18.8 Å². The molecule has 0 aliphatic heterocycles. The number of benzene rings is 2. The summed E-state index contributed by atoms with van der Waals surface area (Å²) in [5.74, 6) is -1.39.